The van der Waals surface area contributed by atoms with Crippen LogP contribution in [0.15, 0.2) is 17.2 Å². The summed E-state index contributed by atoms with van der Waals surface area (Å²) < 4.78 is 5.37. The molecule has 2 aromatic rings. The van der Waals surface area contributed by atoms with Crippen LogP contribution in [0, 0.1) is 0 Å². The summed E-state index contributed by atoms with van der Waals surface area (Å²) in [6.07, 6.45) is 0.449. The number of hydrogen-bond acceptors (Lipinski definition) is 5. The van der Waals surface area contributed by atoms with E-state index in [2.05, 4.69) is 25.7 Å². The molecule has 2 aliphatic rings. The maximum atomic E-state index is 12.3. The van der Waals surface area contributed by atoms with Gasteiger partial charge in [0.2, 0.25) is 0 Å². The average molecular weight is 343 g/mol. The van der Waals surface area contributed by atoms with Crippen molar-refractivity contribution < 1.29 is 19.4 Å². The molecule has 4 N–H and O–H groups in total. The molecule has 0 aliphatic carbocycles. The molecule has 0 radical (unpaired) electrons. The Morgan fingerprint density at radius 1 is 1.36 bits per heavy atom. The van der Waals surface area contributed by atoms with Crippen molar-refractivity contribution in [1.82, 2.24) is 15.3 Å². The Morgan fingerprint density at radius 2 is 2.16 bits per heavy atom. The number of benzene rings is 1. The fourth-order valence-electron chi connectivity index (χ4n) is 3.25. The van der Waals surface area contributed by atoms with Crippen molar-refractivity contribution in [2.75, 3.05) is 31.6 Å². The van der Waals surface area contributed by atoms with Crippen LogP contribution >= 0.6 is 0 Å². The first-order valence-electron chi connectivity index (χ1n) is 7.94. The molecule has 0 unspecified atom stereocenters. The summed E-state index contributed by atoms with van der Waals surface area (Å²) in [5.41, 5.74) is 5.65. The van der Waals surface area contributed by atoms with Gasteiger partial charge in [-0.2, -0.15) is 5.10 Å². The lowest BCUT2D eigenvalue weighted by Crippen LogP contribution is -2.35. The van der Waals surface area contributed by atoms with Crippen LogP contribution in [0.4, 0.5) is 10.5 Å². The number of aromatic nitrogens is 1. The van der Waals surface area contributed by atoms with Crippen LogP contribution in [0.1, 0.15) is 21.6 Å². The van der Waals surface area contributed by atoms with Gasteiger partial charge in [-0.05, 0) is 12.1 Å². The van der Waals surface area contributed by atoms with Crippen molar-refractivity contribution in [3.8, 4) is 0 Å². The number of ether oxygens (including phenoxy) is 1. The fourth-order valence-corrected chi connectivity index (χ4v) is 3.25. The molecule has 2 amide bonds. The van der Waals surface area contributed by atoms with Crippen LogP contribution < -0.4 is 10.7 Å². The molecule has 3 heterocycles. The Morgan fingerprint density at radius 3 is 2.92 bits per heavy atom. The lowest BCUT2D eigenvalue weighted by atomic mass is 10.0. The molecule has 2 aliphatic heterocycles. The third-order valence-corrected chi connectivity index (χ3v) is 4.36. The third kappa shape index (κ3) is 2.94. The van der Waals surface area contributed by atoms with Crippen molar-refractivity contribution >= 4 is 34.8 Å². The van der Waals surface area contributed by atoms with E-state index >= 15 is 0 Å². The molecular formula is C16H17N5O4. The zero-order valence-corrected chi connectivity index (χ0v) is 13.3. The second kappa shape index (κ2) is 6.19. The van der Waals surface area contributed by atoms with Crippen LogP contribution in [0.3, 0.4) is 0 Å². The molecule has 1 fully saturated rings. The number of hydrazone groups is 1. The molecule has 130 valence electrons. The van der Waals surface area contributed by atoms with Gasteiger partial charge in [0.1, 0.15) is 0 Å². The van der Waals surface area contributed by atoms with E-state index in [1.165, 1.54) is 6.07 Å². The van der Waals surface area contributed by atoms with Gasteiger partial charge in [0.25, 0.3) is 5.91 Å². The molecule has 0 bridgehead atoms. The smallest absolute Gasteiger partial charge is 0.409 e. The highest BCUT2D eigenvalue weighted by molar-refractivity contribution is 6.16. The van der Waals surface area contributed by atoms with E-state index < -0.39 is 6.09 Å². The lowest BCUT2D eigenvalue weighted by Gasteiger charge is -2.26. The number of nitrogens with one attached hydrogen (secondary N) is 3. The molecule has 9 heteroatoms. The number of carboxylic acid groups (broad SMARTS) is 1. The second-order valence-electron chi connectivity index (χ2n) is 5.98. The van der Waals surface area contributed by atoms with E-state index in [1.54, 1.807) is 12.3 Å². The zero-order chi connectivity index (χ0) is 17.4. The van der Waals surface area contributed by atoms with Gasteiger partial charge < -0.3 is 14.8 Å². The number of nitrogens with zero attached hydrogens (tertiary/aromatic N) is 2. The number of amides is 2. The second-order valence-corrected chi connectivity index (χ2v) is 5.98. The average Bonchev–Trinajstić information content (AvgIpc) is 2.81. The summed E-state index contributed by atoms with van der Waals surface area (Å²) in [6, 6.07) is 3.21. The molecule has 1 aromatic heterocycles. The van der Waals surface area contributed by atoms with Gasteiger partial charge in [0.15, 0.2) is 0 Å². The highest BCUT2D eigenvalue weighted by Gasteiger charge is 2.23. The van der Waals surface area contributed by atoms with Gasteiger partial charge in [-0.25, -0.2) is 10.2 Å². The molecule has 25 heavy (non-hydrogen) atoms. The van der Waals surface area contributed by atoms with Gasteiger partial charge in [-0.1, -0.05) is 0 Å². The number of aromatic amines is 1. The van der Waals surface area contributed by atoms with E-state index in [4.69, 9.17) is 9.84 Å². The molecular weight excluding hydrogens is 326 g/mol. The Labute approximate surface area is 142 Å². The van der Waals surface area contributed by atoms with E-state index in [0.29, 0.717) is 36.5 Å². The number of rotatable bonds is 3. The van der Waals surface area contributed by atoms with Gasteiger partial charge >= 0.3 is 6.09 Å². The van der Waals surface area contributed by atoms with Crippen LogP contribution in [0.5, 0.6) is 0 Å². The van der Waals surface area contributed by atoms with E-state index in [-0.39, 0.29) is 5.91 Å². The van der Waals surface area contributed by atoms with Crippen LogP contribution in [-0.4, -0.2) is 59.5 Å². The summed E-state index contributed by atoms with van der Waals surface area (Å²) in [7, 11) is 0. The Bertz CT molecular complexity index is 882. The quantitative estimate of drug-likeness (QED) is 0.667. The molecule has 1 aromatic carbocycles. The predicted octanol–water partition coefficient (Wildman–Crippen LogP) is 1.17. The van der Waals surface area contributed by atoms with Crippen LogP contribution in [-0.2, 0) is 11.3 Å². The van der Waals surface area contributed by atoms with Crippen molar-refractivity contribution in [2.45, 2.75) is 6.54 Å². The summed E-state index contributed by atoms with van der Waals surface area (Å²) in [6.45, 7) is 3.74. The van der Waals surface area contributed by atoms with Crippen molar-refractivity contribution in [3.63, 3.8) is 0 Å². The number of carbonyl (C=O) groups is 2. The number of hydrogen-bond donors (Lipinski definition) is 4. The van der Waals surface area contributed by atoms with Gasteiger partial charge in [0.05, 0.1) is 25.0 Å². The van der Waals surface area contributed by atoms with Gasteiger partial charge in [-0.15, -0.1) is 0 Å². The Hall–Kier alpha value is -2.91. The molecule has 1 saturated heterocycles. The summed E-state index contributed by atoms with van der Waals surface area (Å²) in [4.78, 5) is 28.8. The fraction of sp³-hybridized carbons (Fsp3) is 0.312. The minimum atomic E-state index is -1.18. The molecule has 0 saturated carbocycles. The standard InChI is InChI=1S/C16H17N5O4/c22-15-10-5-9(18-16(23)24)6-12-14(10)11(7-17-20-15)13(19-12)8-21-1-3-25-4-2-21/h5-7,18-19H,1-4,8H2,(H,20,22)(H,23,24). The largest absolute Gasteiger partial charge is 0.465 e. The summed E-state index contributed by atoms with van der Waals surface area (Å²) in [5.74, 6) is -0.369. The minimum absolute atomic E-state index is 0.331. The van der Waals surface area contributed by atoms with Crippen LogP contribution in [0.2, 0.25) is 0 Å². The summed E-state index contributed by atoms with van der Waals surface area (Å²) in [5, 5.41) is 16.0. The maximum absolute atomic E-state index is 12.3. The first kappa shape index (κ1) is 15.6. The highest BCUT2D eigenvalue weighted by atomic mass is 16.5. The SMILES string of the molecule is O=C(O)Nc1cc2c3c(c(CN4CCOCC4)[nH]c3c1)C=NNC2=O. The van der Waals surface area contributed by atoms with Crippen LogP contribution in [0.25, 0.3) is 10.9 Å². The van der Waals surface area contributed by atoms with E-state index in [0.717, 1.165) is 29.7 Å². The predicted molar refractivity (Wildman–Crippen MR) is 91.1 cm³/mol. The topological polar surface area (TPSA) is 119 Å². The Kier molecular flexibility index (Phi) is 3.86. The lowest BCUT2D eigenvalue weighted by molar-refractivity contribution is 0.0337. The van der Waals surface area contributed by atoms with Gasteiger partial charge in [-0.3, -0.25) is 15.0 Å². The first-order valence-corrected chi connectivity index (χ1v) is 7.94. The molecule has 9 nitrogen and oxygen atoms in total. The number of H-pyrrole nitrogens is 1. The zero-order valence-electron chi connectivity index (χ0n) is 13.3. The van der Waals surface area contributed by atoms with E-state index in [1.807, 2.05) is 0 Å². The van der Waals surface area contributed by atoms with Crippen molar-refractivity contribution in [1.29, 1.82) is 0 Å². The Balaban J connectivity index is 1.81. The maximum Gasteiger partial charge on any atom is 0.409 e. The van der Waals surface area contributed by atoms with Crippen molar-refractivity contribution in [3.05, 3.63) is 29.0 Å². The molecule has 0 spiro atoms. The molecule has 4 rings (SSSR count). The number of morpholine rings is 1. The van der Waals surface area contributed by atoms with Gasteiger partial charge in [0, 0.05) is 47.5 Å². The third-order valence-electron chi connectivity index (χ3n) is 4.36. The first-order chi connectivity index (χ1) is 12.1. The van der Waals surface area contributed by atoms with Crippen molar-refractivity contribution in [2.24, 2.45) is 5.10 Å². The molecule has 0 atom stereocenters. The number of anilines is 1. The monoisotopic (exact) mass is 343 g/mol. The van der Waals surface area contributed by atoms with E-state index in [9.17, 15) is 9.59 Å². The summed E-state index contributed by atoms with van der Waals surface area (Å²) >= 11 is 0. The minimum Gasteiger partial charge on any atom is -0.465 e. The highest BCUT2D eigenvalue weighted by Crippen LogP contribution is 2.30. The normalized spacial score (nSPS) is 17.4. The number of carbonyl (C=O) groups excluding carboxylic acids is 1.